The Hall–Kier alpha value is -1.59. The quantitative estimate of drug-likeness (QED) is 0.903. The standard InChI is InChI=1S/C18H25N3O2.ClH/c19-16(14-5-2-1-3-6-14)13-18(23)20-11-8-15(9-12-20)21-10-4-7-17(21)22;/h1-3,5-6,15-16H,4,7-13,19H2;1H. The van der Waals surface area contributed by atoms with E-state index in [4.69, 9.17) is 5.73 Å². The van der Waals surface area contributed by atoms with E-state index in [9.17, 15) is 9.59 Å². The van der Waals surface area contributed by atoms with Gasteiger partial charge in [-0.25, -0.2) is 0 Å². The topological polar surface area (TPSA) is 66.6 Å². The molecule has 1 aromatic rings. The van der Waals surface area contributed by atoms with E-state index in [1.807, 2.05) is 40.1 Å². The molecule has 0 spiro atoms. The van der Waals surface area contributed by atoms with Crippen LogP contribution in [0.25, 0.3) is 0 Å². The van der Waals surface area contributed by atoms with Crippen molar-refractivity contribution in [1.29, 1.82) is 0 Å². The molecule has 1 unspecified atom stereocenters. The first-order chi connectivity index (χ1) is 11.1. The third-order valence-corrected chi connectivity index (χ3v) is 4.99. The predicted molar refractivity (Wildman–Crippen MR) is 95.8 cm³/mol. The van der Waals surface area contributed by atoms with Crippen LogP contribution in [0.4, 0.5) is 0 Å². The Labute approximate surface area is 149 Å². The third kappa shape index (κ3) is 4.28. The number of nitrogens with two attached hydrogens (primary N) is 1. The summed E-state index contributed by atoms with van der Waals surface area (Å²) in [5, 5.41) is 0. The zero-order valence-electron chi connectivity index (χ0n) is 13.9. The molecule has 1 aromatic carbocycles. The van der Waals surface area contributed by atoms with E-state index in [2.05, 4.69) is 0 Å². The number of benzene rings is 1. The highest BCUT2D eigenvalue weighted by molar-refractivity contribution is 5.85. The van der Waals surface area contributed by atoms with Gasteiger partial charge in [0, 0.05) is 44.6 Å². The maximum absolute atomic E-state index is 12.4. The summed E-state index contributed by atoms with van der Waals surface area (Å²) >= 11 is 0. The summed E-state index contributed by atoms with van der Waals surface area (Å²) in [7, 11) is 0. The number of hydrogen-bond acceptors (Lipinski definition) is 3. The van der Waals surface area contributed by atoms with Crippen molar-refractivity contribution in [3.05, 3.63) is 35.9 Å². The van der Waals surface area contributed by atoms with E-state index in [0.717, 1.165) is 44.5 Å². The molecule has 2 saturated heterocycles. The predicted octanol–water partition coefficient (Wildman–Crippen LogP) is 2.11. The molecule has 0 bridgehead atoms. The lowest BCUT2D eigenvalue weighted by atomic mass is 10.0. The van der Waals surface area contributed by atoms with Crippen LogP contribution in [0, 0.1) is 0 Å². The van der Waals surface area contributed by atoms with Crippen LogP contribution >= 0.6 is 12.4 Å². The van der Waals surface area contributed by atoms with Crippen molar-refractivity contribution in [2.75, 3.05) is 19.6 Å². The highest BCUT2D eigenvalue weighted by Gasteiger charge is 2.32. The number of amides is 2. The fourth-order valence-corrected chi connectivity index (χ4v) is 3.62. The highest BCUT2D eigenvalue weighted by atomic mass is 35.5. The van der Waals surface area contributed by atoms with E-state index in [-0.39, 0.29) is 30.3 Å². The summed E-state index contributed by atoms with van der Waals surface area (Å²) in [5.41, 5.74) is 7.15. The van der Waals surface area contributed by atoms with Crippen molar-refractivity contribution in [2.24, 2.45) is 5.73 Å². The van der Waals surface area contributed by atoms with E-state index < -0.39 is 0 Å². The number of hydrogen-bond donors (Lipinski definition) is 1. The van der Waals surface area contributed by atoms with Crippen molar-refractivity contribution in [3.8, 4) is 0 Å². The normalized spacial score (nSPS) is 20.0. The summed E-state index contributed by atoms with van der Waals surface area (Å²) in [6, 6.07) is 9.82. The Morgan fingerprint density at radius 2 is 1.83 bits per heavy atom. The van der Waals surface area contributed by atoms with Gasteiger partial charge < -0.3 is 15.5 Å². The summed E-state index contributed by atoms with van der Waals surface area (Å²) < 4.78 is 0. The van der Waals surface area contributed by atoms with Gasteiger partial charge in [-0.05, 0) is 24.8 Å². The molecule has 6 heteroatoms. The molecule has 24 heavy (non-hydrogen) atoms. The Balaban J connectivity index is 0.00000208. The van der Waals surface area contributed by atoms with Crippen molar-refractivity contribution in [3.63, 3.8) is 0 Å². The first-order valence-corrected chi connectivity index (χ1v) is 8.53. The van der Waals surface area contributed by atoms with E-state index in [1.165, 1.54) is 0 Å². The van der Waals surface area contributed by atoms with Crippen LogP contribution in [0.2, 0.25) is 0 Å². The molecular formula is C18H26ClN3O2. The minimum absolute atomic E-state index is 0. The second-order valence-corrected chi connectivity index (χ2v) is 6.52. The molecule has 2 N–H and O–H groups in total. The zero-order valence-corrected chi connectivity index (χ0v) is 14.7. The van der Waals surface area contributed by atoms with Gasteiger partial charge in [0.05, 0.1) is 0 Å². The molecule has 2 aliphatic rings. The number of carbonyl (C=O) groups is 2. The van der Waals surface area contributed by atoms with Crippen LogP contribution in [-0.4, -0.2) is 47.3 Å². The third-order valence-electron chi connectivity index (χ3n) is 4.99. The van der Waals surface area contributed by atoms with Crippen LogP contribution in [-0.2, 0) is 9.59 Å². The molecular weight excluding hydrogens is 326 g/mol. The number of carbonyl (C=O) groups excluding carboxylic acids is 2. The number of piperidine rings is 1. The molecule has 2 amide bonds. The fraction of sp³-hybridized carbons (Fsp3) is 0.556. The smallest absolute Gasteiger partial charge is 0.224 e. The maximum Gasteiger partial charge on any atom is 0.224 e. The number of halogens is 1. The van der Waals surface area contributed by atoms with Crippen LogP contribution in [0.15, 0.2) is 30.3 Å². The lowest BCUT2D eigenvalue weighted by molar-refractivity contribution is -0.134. The minimum Gasteiger partial charge on any atom is -0.342 e. The molecule has 1 atom stereocenters. The molecule has 132 valence electrons. The lowest BCUT2D eigenvalue weighted by Gasteiger charge is -2.37. The molecule has 2 heterocycles. The highest BCUT2D eigenvalue weighted by Crippen LogP contribution is 2.23. The van der Waals surface area contributed by atoms with E-state index in [0.29, 0.717) is 18.9 Å². The van der Waals surface area contributed by atoms with E-state index >= 15 is 0 Å². The van der Waals surface area contributed by atoms with Gasteiger partial charge >= 0.3 is 0 Å². The molecule has 2 aliphatic heterocycles. The average Bonchev–Trinajstić information content (AvgIpc) is 3.02. The second-order valence-electron chi connectivity index (χ2n) is 6.52. The van der Waals surface area contributed by atoms with Crippen LogP contribution in [0.3, 0.4) is 0 Å². The van der Waals surface area contributed by atoms with E-state index in [1.54, 1.807) is 0 Å². The van der Waals surface area contributed by atoms with Crippen molar-refractivity contribution >= 4 is 24.2 Å². The first-order valence-electron chi connectivity index (χ1n) is 8.53. The van der Waals surface area contributed by atoms with Gasteiger partial charge in [0.15, 0.2) is 0 Å². The van der Waals surface area contributed by atoms with Crippen LogP contribution < -0.4 is 5.73 Å². The molecule has 0 radical (unpaired) electrons. The van der Waals surface area contributed by atoms with Crippen molar-refractivity contribution in [2.45, 2.75) is 44.2 Å². The summed E-state index contributed by atoms with van der Waals surface area (Å²) in [5.74, 6) is 0.397. The van der Waals surface area contributed by atoms with Gasteiger partial charge in [0.1, 0.15) is 0 Å². The maximum atomic E-state index is 12.4. The van der Waals surface area contributed by atoms with Gasteiger partial charge in [-0.1, -0.05) is 30.3 Å². The molecule has 5 nitrogen and oxygen atoms in total. The van der Waals surface area contributed by atoms with Crippen LogP contribution in [0.5, 0.6) is 0 Å². The number of rotatable bonds is 4. The Kier molecular flexibility index (Phi) is 6.63. The fourth-order valence-electron chi connectivity index (χ4n) is 3.62. The van der Waals surface area contributed by atoms with Crippen LogP contribution in [0.1, 0.15) is 43.7 Å². The zero-order chi connectivity index (χ0) is 16.2. The minimum atomic E-state index is -0.249. The Morgan fingerprint density at radius 1 is 1.17 bits per heavy atom. The SMILES string of the molecule is Cl.NC(CC(=O)N1CCC(N2CCCC2=O)CC1)c1ccccc1. The average molecular weight is 352 g/mol. The van der Waals surface area contributed by atoms with Gasteiger partial charge in [-0.3, -0.25) is 9.59 Å². The van der Waals surface area contributed by atoms with Gasteiger partial charge in [0.2, 0.25) is 11.8 Å². The summed E-state index contributed by atoms with van der Waals surface area (Å²) in [4.78, 5) is 28.2. The lowest BCUT2D eigenvalue weighted by Crippen LogP contribution is -2.47. The van der Waals surface area contributed by atoms with Crippen molar-refractivity contribution in [1.82, 2.24) is 9.80 Å². The first kappa shape index (κ1) is 18.7. The molecule has 3 rings (SSSR count). The molecule has 0 saturated carbocycles. The summed E-state index contributed by atoms with van der Waals surface area (Å²) in [6.45, 7) is 2.35. The van der Waals surface area contributed by atoms with Gasteiger partial charge in [-0.15, -0.1) is 12.4 Å². The van der Waals surface area contributed by atoms with Gasteiger partial charge in [-0.2, -0.15) is 0 Å². The molecule has 0 aliphatic carbocycles. The Morgan fingerprint density at radius 3 is 2.42 bits per heavy atom. The number of likely N-dealkylation sites (tertiary alicyclic amines) is 2. The second kappa shape index (κ2) is 8.49. The summed E-state index contributed by atoms with van der Waals surface area (Å²) in [6.07, 6.45) is 3.78. The van der Waals surface area contributed by atoms with Gasteiger partial charge in [0.25, 0.3) is 0 Å². The number of nitrogens with zero attached hydrogens (tertiary/aromatic N) is 2. The Bertz CT molecular complexity index is 559. The van der Waals surface area contributed by atoms with Crippen molar-refractivity contribution < 1.29 is 9.59 Å². The monoisotopic (exact) mass is 351 g/mol. The largest absolute Gasteiger partial charge is 0.342 e. The molecule has 2 fully saturated rings. The molecule has 0 aromatic heterocycles.